The van der Waals surface area contributed by atoms with Crippen LogP contribution in [0.25, 0.3) is 0 Å². The summed E-state index contributed by atoms with van der Waals surface area (Å²) in [5.41, 5.74) is 0.581. The number of hydrogen-bond donors (Lipinski definition) is 3. The number of carbonyl (C=O) groups is 2. The molecule has 16 heavy (non-hydrogen) atoms. The fraction of sp³-hybridized carbons (Fsp3) is 0.200. The fourth-order valence-electron chi connectivity index (χ4n) is 1.04. The molecule has 2 amide bonds. The molecule has 0 fully saturated rings. The lowest BCUT2D eigenvalue weighted by Crippen LogP contribution is -2.31. The summed E-state index contributed by atoms with van der Waals surface area (Å²) in [6.45, 7) is -0.276. The molecule has 1 aromatic rings. The zero-order valence-electron chi connectivity index (χ0n) is 8.69. The van der Waals surface area contributed by atoms with Crippen molar-refractivity contribution >= 4 is 17.7 Å². The number of nitrogens with one attached hydrogen (secondary N) is 2. The predicted molar refractivity (Wildman–Crippen MR) is 57.7 cm³/mol. The second-order valence-corrected chi connectivity index (χ2v) is 2.94. The van der Waals surface area contributed by atoms with Crippen molar-refractivity contribution in [3.8, 4) is 5.75 Å². The van der Waals surface area contributed by atoms with Gasteiger partial charge in [0.05, 0.1) is 7.11 Å². The molecule has 6 nitrogen and oxygen atoms in total. The maximum atomic E-state index is 11.2. The maximum absolute atomic E-state index is 11.2. The molecule has 6 heteroatoms. The zero-order valence-corrected chi connectivity index (χ0v) is 8.69. The number of ether oxygens (including phenoxy) is 1. The topological polar surface area (TPSA) is 87.7 Å². The lowest BCUT2D eigenvalue weighted by Gasteiger charge is -2.05. The number of hydrogen-bond acceptors (Lipinski definition) is 3. The van der Waals surface area contributed by atoms with Crippen molar-refractivity contribution in [2.45, 2.75) is 0 Å². The van der Waals surface area contributed by atoms with E-state index < -0.39 is 12.0 Å². The Morgan fingerprint density at radius 2 is 1.94 bits per heavy atom. The number of methoxy groups -OCH3 is 1. The van der Waals surface area contributed by atoms with E-state index in [4.69, 9.17) is 9.84 Å². The van der Waals surface area contributed by atoms with Crippen LogP contribution in [-0.2, 0) is 4.79 Å². The average molecular weight is 224 g/mol. The molecule has 0 bridgehead atoms. The highest BCUT2D eigenvalue weighted by Crippen LogP contribution is 2.14. The summed E-state index contributed by atoms with van der Waals surface area (Å²) in [5.74, 6) is 0.259. The summed E-state index contributed by atoms with van der Waals surface area (Å²) < 4.78 is 4.95. The molecular weight excluding hydrogens is 212 g/mol. The van der Waals surface area contributed by atoms with Gasteiger partial charge in [-0.1, -0.05) is 0 Å². The minimum absolute atomic E-state index is 0.276. The van der Waals surface area contributed by atoms with Crippen LogP contribution < -0.4 is 15.4 Å². The molecule has 0 aliphatic heterocycles. The van der Waals surface area contributed by atoms with E-state index in [9.17, 15) is 9.59 Å². The lowest BCUT2D eigenvalue weighted by molar-refractivity contribution is -0.115. The number of benzene rings is 1. The van der Waals surface area contributed by atoms with E-state index in [1.807, 2.05) is 5.32 Å². The number of rotatable bonds is 4. The lowest BCUT2D eigenvalue weighted by atomic mass is 10.3. The molecule has 3 N–H and O–H groups in total. The van der Waals surface area contributed by atoms with E-state index in [0.29, 0.717) is 11.4 Å². The van der Waals surface area contributed by atoms with Crippen molar-refractivity contribution < 1.29 is 19.4 Å². The summed E-state index contributed by atoms with van der Waals surface area (Å²) in [6.07, 6.45) is -1.23. The molecule has 0 aliphatic rings. The van der Waals surface area contributed by atoms with Crippen LogP contribution in [0.15, 0.2) is 24.3 Å². The second-order valence-electron chi connectivity index (χ2n) is 2.94. The van der Waals surface area contributed by atoms with Gasteiger partial charge in [0.15, 0.2) is 0 Å². The molecule has 0 saturated heterocycles. The number of amides is 2. The largest absolute Gasteiger partial charge is 0.497 e. The van der Waals surface area contributed by atoms with Gasteiger partial charge in [0, 0.05) is 5.69 Å². The smallest absolute Gasteiger partial charge is 0.405 e. The maximum Gasteiger partial charge on any atom is 0.405 e. The van der Waals surface area contributed by atoms with Crippen LogP contribution in [0.1, 0.15) is 0 Å². The van der Waals surface area contributed by atoms with Crippen LogP contribution >= 0.6 is 0 Å². The molecule has 0 atom stereocenters. The number of anilines is 1. The molecule has 86 valence electrons. The molecule has 0 radical (unpaired) electrons. The van der Waals surface area contributed by atoms with Gasteiger partial charge in [-0.05, 0) is 24.3 Å². The molecule has 0 heterocycles. The molecule has 0 spiro atoms. The van der Waals surface area contributed by atoms with Crippen molar-refractivity contribution in [3.05, 3.63) is 24.3 Å². The van der Waals surface area contributed by atoms with E-state index in [1.165, 1.54) is 0 Å². The normalized spacial score (nSPS) is 9.31. The Bertz CT molecular complexity index is 375. The Kier molecular flexibility index (Phi) is 4.14. The summed E-state index contributed by atoms with van der Waals surface area (Å²) >= 11 is 0. The van der Waals surface area contributed by atoms with Gasteiger partial charge in [0.1, 0.15) is 12.3 Å². The van der Waals surface area contributed by atoms with Crippen LogP contribution in [0.3, 0.4) is 0 Å². The van der Waals surface area contributed by atoms with E-state index in [2.05, 4.69) is 5.32 Å². The molecule has 1 rings (SSSR count). The zero-order chi connectivity index (χ0) is 12.0. The van der Waals surface area contributed by atoms with Crippen molar-refractivity contribution in [2.75, 3.05) is 19.0 Å². The first-order valence-electron chi connectivity index (χ1n) is 4.52. The first-order chi connectivity index (χ1) is 7.61. The molecule has 0 aromatic heterocycles. The Hall–Kier alpha value is -2.24. The van der Waals surface area contributed by atoms with E-state index in [0.717, 1.165) is 0 Å². The first kappa shape index (κ1) is 11.8. The van der Waals surface area contributed by atoms with Crippen LogP contribution in [-0.4, -0.2) is 30.8 Å². The van der Waals surface area contributed by atoms with Gasteiger partial charge in [-0.15, -0.1) is 0 Å². The SMILES string of the molecule is COc1ccc(NC(=O)CNC(=O)O)cc1. The third-order valence-electron chi connectivity index (χ3n) is 1.77. The highest BCUT2D eigenvalue weighted by Gasteiger charge is 2.03. The van der Waals surface area contributed by atoms with Crippen molar-refractivity contribution in [1.82, 2.24) is 5.32 Å². The Labute approximate surface area is 92.2 Å². The Balaban J connectivity index is 2.46. The quantitative estimate of drug-likeness (QED) is 0.709. The standard InChI is InChI=1S/C10H12N2O4/c1-16-8-4-2-7(3-5-8)12-9(13)6-11-10(14)15/h2-5,11H,6H2,1H3,(H,12,13)(H,14,15). The van der Waals surface area contributed by atoms with Crippen LogP contribution in [0, 0.1) is 0 Å². The third-order valence-corrected chi connectivity index (χ3v) is 1.77. The van der Waals surface area contributed by atoms with Gasteiger partial charge in [0.25, 0.3) is 0 Å². The second kappa shape index (κ2) is 5.59. The van der Waals surface area contributed by atoms with Crippen LogP contribution in [0.5, 0.6) is 5.75 Å². The minimum Gasteiger partial charge on any atom is -0.497 e. The predicted octanol–water partition coefficient (Wildman–Crippen LogP) is 0.901. The molecule has 1 aromatic carbocycles. The molecule has 0 aliphatic carbocycles. The van der Waals surface area contributed by atoms with Gasteiger partial charge < -0.3 is 20.5 Å². The highest BCUT2D eigenvalue weighted by molar-refractivity contribution is 5.93. The number of carbonyl (C=O) groups excluding carboxylic acids is 1. The molecule has 0 unspecified atom stereocenters. The fourth-order valence-corrected chi connectivity index (χ4v) is 1.04. The van der Waals surface area contributed by atoms with Gasteiger partial charge in [-0.3, -0.25) is 4.79 Å². The summed E-state index contributed by atoms with van der Waals surface area (Å²) in [7, 11) is 1.55. The number of carboxylic acid groups (broad SMARTS) is 1. The van der Waals surface area contributed by atoms with Crippen LogP contribution in [0.2, 0.25) is 0 Å². The Morgan fingerprint density at radius 1 is 1.31 bits per heavy atom. The van der Waals surface area contributed by atoms with E-state index >= 15 is 0 Å². The summed E-state index contributed by atoms with van der Waals surface area (Å²) in [4.78, 5) is 21.3. The van der Waals surface area contributed by atoms with Crippen molar-refractivity contribution in [3.63, 3.8) is 0 Å². The van der Waals surface area contributed by atoms with Crippen molar-refractivity contribution in [2.24, 2.45) is 0 Å². The molecule has 0 saturated carbocycles. The van der Waals surface area contributed by atoms with Crippen LogP contribution in [0.4, 0.5) is 10.5 Å². The Morgan fingerprint density at radius 3 is 2.44 bits per heavy atom. The molecular formula is C10H12N2O4. The van der Waals surface area contributed by atoms with Crippen molar-refractivity contribution in [1.29, 1.82) is 0 Å². The van der Waals surface area contributed by atoms with Gasteiger partial charge in [-0.25, -0.2) is 4.79 Å². The van der Waals surface area contributed by atoms with E-state index in [-0.39, 0.29) is 6.54 Å². The highest BCUT2D eigenvalue weighted by atomic mass is 16.5. The monoisotopic (exact) mass is 224 g/mol. The minimum atomic E-state index is -1.23. The van der Waals surface area contributed by atoms with Gasteiger partial charge >= 0.3 is 6.09 Å². The third kappa shape index (κ3) is 3.87. The van der Waals surface area contributed by atoms with E-state index in [1.54, 1.807) is 31.4 Å². The summed E-state index contributed by atoms with van der Waals surface area (Å²) in [6, 6.07) is 6.72. The van der Waals surface area contributed by atoms with Gasteiger partial charge in [0.2, 0.25) is 5.91 Å². The van der Waals surface area contributed by atoms with Gasteiger partial charge in [-0.2, -0.15) is 0 Å². The first-order valence-corrected chi connectivity index (χ1v) is 4.52. The summed E-state index contributed by atoms with van der Waals surface area (Å²) in [5, 5.41) is 12.8. The average Bonchev–Trinajstić information content (AvgIpc) is 2.27.